The molecule has 19 heteroatoms. The number of nitrogens with zero attached hydrogens (tertiary/aromatic N) is 4. The van der Waals surface area contributed by atoms with E-state index in [9.17, 15) is 37.2 Å². The molecule has 0 spiro atoms. The van der Waals surface area contributed by atoms with Gasteiger partial charge in [-0.05, 0) is 6.92 Å². The van der Waals surface area contributed by atoms with E-state index in [2.05, 4.69) is 20.9 Å². The summed E-state index contributed by atoms with van der Waals surface area (Å²) in [6.45, 7) is 2.60. The number of carbonyl (C=O) groups excluding carboxylic acids is 6. The fraction of sp³-hybridized carbons (Fsp3) is 0.471. The van der Waals surface area contributed by atoms with Crippen LogP contribution >= 0.6 is 11.3 Å². The van der Waals surface area contributed by atoms with Crippen LogP contribution in [-0.2, 0) is 34.3 Å². The van der Waals surface area contributed by atoms with Gasteiger partial charge in [0.05, 0.1) is 12.2 Å². The number of rotatable bonds is 7. The monoisotopic (exact) mass is 555 g/mol. The molecule has 0 radical (unpaired) electrons. The molecule has 2 fully saturated rings. The first-order valence-corrected chi connectivity index (χ1v) is 12.3. The molecule has 192 valence electrons. The van der Waals surface area contributed by atoms with Crippen molar-refractivity contribution < 1.29 is 72.7 Å². The van der Waals surface area contributed by atoms with Crippen LogP contribution in [-0.4, -0.2) is 99.8 Å². The third kappa shape index (κ3) is 6.37. The minimum absolute atomic E-state index is 0. The molecule has 2 unspecified atom stereocenters. The quantitative estimate of drug-likeness (QED) is 0.109. The summed E-state index contributed by atoms with van der Waals surface area (Å²) in [5.41, 5.74) is -0.0611. The van der Waals surface area contributed by atoms with Crippen LogP contribution < -0.4 is 45.5 Å². The number of hydrogen-bond acceptors (Lipinski definition) is 10. The third-order valence-corrected chi connectivity index (χ3v) is 6.72. The van der Waals surface area contributed by atoms with Crippen LogP contribution in [0.4, 0.5) is 9.93 Å². The standard InChI is InChI=1S/C17H21N7O9S2.Na.H/c1-3-22-4-5-23(15(29)14(22)28)17(30)21-11(10-7-34-16(20-10)18-8(2)25)12(26)19-9-6-24(13(9)27)35(31,32)33;;/h7,9,11H,3-6H2,1-2H3,(H,19,26)(H,21,30)(H,18,20,25)(H,31,32,33);;/q;+1;-1. The molecular weight excluding hydrogens is 533 g/mol. The molecule has 1 aromatic heterocycles. The average molecular weight is 556 g/mol. The second-order valence-electron chi connectivity index (χ2n) is 7.39. The molecule has 4 N–H and O–H groups in total. The van der Waals surface area contributed by atoms with Crippen LogP contribution in [0.2, 0.25) is 0 Å². The van der Waals surface area contributed by atoms with E-state index in [1.807, 2.05) is 0 Å². The minimum atomic E-state index is -4.78. The molecule has 2 aliphatic heterocycles. The second kappa shape index (κ2) is 11.6. The Kier molecular flexibility index (Phi) is 9.54. The molecule has 7 amide bonds. The summed E-state index contributed by atoms with van der Waals surface area (Å²) in [4.78, 5) is 79.4. The van der Waals surface area contributed by atoms with Gasteiger partial charge in [0.1, 0.15) is 6.04 Å². The van der Waals surface area contributed by atoms with Gasteiger partial charge in [0, 0.05) is 31.9 Å². The van der Waals surface area contributed by atoms with E-state index in [-0.39, 0.29) is 65.7 Å². The van der Waals surface area contributed by atoms with Crippen LogP contribution in [0, 0.1) is 0 Å². The van der Waals surface area contributed by atoms with Crippen molar-refractivity contribution in [3.63, 3.8) is 0 Å². The molecule has 0 bridgehead atoms. The van der Waals surface area contributed by atoms with Crippen molar-refractivity contribution >= 4 is 62.3 Å². The molecule has 2 aliphatic rings. The van der Waals surface area contributed by atoms with Crippen molar-refractivity contribution in [2.24, 2.45) is 0 Å². The van der Waals surface area contributed by atoms with Crippen molar-refractivity contribution in [2.45, 2.75) is 25.9 Å². The number of β-lactam (4-membered cyclic amide) rings is 1. The molecule has 1 aromatic rings. The Morgan fingerprint density at radius 2 is 1.92 bits per heavy atom. The molecular formula is C17H22N7NaO9S2. The summed E-state index contributed by atoms with van der Waals surface area (Å²) >= 11 is 0.930. The van der Waals surface area contributed by atoms with Gasteiger partial charge in [0.15, 0.2) is 11.2 Å². The Bertz CT molecular complexity index is 1210. The fourth-order valence-electron chi connectivity index (χ4n) is 3.24. The van der Waals surface area contributed by atoms with Crippen molar-refractivity contribution in [3.8, 4) is 0 Å². The summed E-state index contributed by atoms with van der Waals surface area (Å²) in [6.07, 6.45) is 0. The average Bonchev–Trinajstić information content (AvgIpc) is 3.22. The van der Waals surface area contributed by atoms with E-state index in [0.717, 1.165) is 11.3 Å². The third-order valence-electron chi connectivity index (χ3n) is 5.05. The van der Waals surface area contributed by atoms with Crippen LogP contribution in [0.15, 0.2) is 5.38 Å². The second-order valence-corrected chi connectivity index (χ2v) is 9.59. The molecule has 0 aromatic carbocycles. The number of likely N-dealkylation sites (N-methyl/N-ethyl adjacent to an activating group) is 1. The van der Waals surface area contributed by atoms with Crippen LogP contribution in [0.1, 0.15) is 27.0 Å². The van der Waals surface area contributed by atoms with E-state index >= 15 is 0 Å². The largest absolute Gasteiger partial charge is 1.00 e. The number of nitrogens with one attached hydrogen (secondary N) is 3. The van der Waals surface area contributed by atoms with Crippen molar-refractivity contribution in [3.05, 3.63) is 11.1 Å². The van der Waals surface area contributed by atoms with E-state index in [0.29, 0.717) is 4.90 Å². The normalized spacial score (nSPS) is 18.7. The predicted molar refractivity (Wildman–Crippen MR) is 118 cm³/mol. The zero-order chi connectivity index (χ0) is 26.1. The van der Waals surface area contributed by atoms with Crippen LogP contribution in [0.3, 0.4) is 0 Å². The molecule has 2 saturated heterocycles. The Morgan fingerprint density at radius 1 is 1.25 bits per heavy atom. The van der Waals surface area contributed by atoms with Crippen molar-refractivity contribution in [2.75, 3.05) is 31.5 Å². The SMILES string of the molecule is CCN1CCN(C(=O)NC(C(=O)NC2CN(S(=O)(=O)O)C2=O)c2csc(NC(C)=O)n2)C(=O)C1=O.[H-].[Na+]. The van der Waals surface area contributed by atoms with Crippen LogP contribution in [0.5, 0.6) is 0 Å². The smallest absolute Gasteiger partial charge is 1.00 e. The van der Waals surface area contributed by atoms with Gasteiger partial charge >= 0.3 is 57.7 Å². The van der Waals surface area contributed by atoms with E-state index in [1.165, 1.54) is 17.2 Å². The van der Waals surface area contributed by atoms with E-state index in [1.54, 1.807) is 6.92 Å². The number of piperazine rings is 1. The number of anilines is 1. The molecule has 3 heterocycles. The van der Waals surface area contributed by atoms with Gasteiger partial charge in [-0.3, -0.25) is 33.4 Å². The zero-order valence-electron chi connectivity index (χ0n) is 20.4. The molecule has 0 saturated carbocycles. The van der Waals surface area contributed by atoms with Crippen molar-refractivity contribution in [1.82, 2.24) is 29.7 Å². The molecule has 3 rings (SSSR count). The van der Waals surface area contributed by atoms with E-state index < -0.39 is 64.5 Å². The Balaban J connectivity index is 0.00000342. The summed E-state index contributed by atoms with van der Waals surface area (Å²) < 4.78 is 31.3. The van der Waals surface area contributed by atoms with Gasteiger partial charge in [-0.15, -0.1) is 11.3 Å². The summed E-state index contributed by atoms with van der Waals surface area (Å²) in [5, 5.41) is 8.37. The number of carbonyl (C=O) groups is 6. The van der Waals surface area contributed by atoms with Gasteiger partial charge in [-0.25, -0.2) is 14.1 Å². The maximum Gasteiger partial charge on any atom is 1.00 e. The Hall–Kier alpha value is -2.64. The van der Waals surface area contributed by atoms with Gasteiger partial charge < -0.3 is 22.3 Å². The number of hydrogen-bond donors (Lipinski definition) is 4. The van der Waals surface area contributed by atoms with Crippen LogP contribution in [0.25, 0.3) is 0 Å². The van der Waals surface area contributed by atoms with Crippen molar-refractivity contribution in [1.29, 1.82) is 0 Å². The summed E-state index contributed by atoms with van der Waals surface area (Å²) in [5.74, 6) is -4.51. The Morgan fingerprint density at radius 3 is 2.47 bits per heavy atom. The molecule has 2 atom stereocenters. The van der Waals surface area contributed by atoms with Gasteiger partial charge in [-0.1, -0.05) is 0 Å². The molecule has 16 nitrogen and oxygen atoms in total. The number of amides is 7. The maximum atomic E-state index is 12.9. The molecule has 36 heavy (non-hydrogen) atoms. The first kappa shape index (κ1) is 29.6. The zero-order valence-corrected chi connectivity index (χ0v) is 23.0. The predicted octanol–water partition coefficient (Wildman–Crippen LogP) is -5.21. The van der Waals surface area contributed by atoms with Gasteiger partial charge in [0.2, 0.25) is 11.8 Å². The topological polar surface area (TPSA) is 215 Å². The Labute approximate surface area is 232 Å². The summed E-state index contributed by atoms with van der Waals surface area (Å²) in [6, 6.07) is -3.97. The van der Waals surface area contributed by atoms with E-state index in [4.69, 9.17) is 4.55 Å². The number of urea groups is 1. The first-order valence-electron chi connectivity index (χ1n) is 10.1. The number of thiazole rings is 1. The molecule has 0 aliphatic carbocycles. The van der Waals surface area contributed by atoms with Gasteiger partial charge in [0.25, 0.3) is 5.91 Å². The minimum Gasteiger partial charge on any atom is -1.00 e. The van der Waals surface area contributed by atoms with Gasteiger partial charge in [-0.2, -0.15) is 8.42 Å². The summed E-state index contributed by atoms with van der Waals surface area (Å²) in [7, 11) is -4.78. The number of imide groups is 1. The first-order chi connectivity index (χ1) is 16.3. The maximum absolute atomic E-state index is 12.9. The fourth-order valence-corrected chi connectivity index (χ4v) is 4.71. The number of aromatic nitrogens is 1.